The van der Waals surface area contributed by atoms with Crippen molar-refractivity contribution in [3.05, 3.63) is 71.8 Å². The van der Waals surface area contributed by atoms with Crippen LogP contribution in [0.4, 0.5) is 0 Å². The first-order chi connectivity index (χ1) is 11.4. The highest BCUT2D eigenvalue weighted by molar-refractivity contribution is 5.14. The van der Waals surface area contributed by atoms with E-state index in [-0.39, 0.29) is 6.10 Å². The number of rotatable bonds is 7. The molecule has 23 heavy (non-hydrogen) atoms. The first-order valence-electron chi connectivity index (χ1n) is 8.33. The molecule has 1 saturated carbocycles. The van der Waals surface area contributed by atoms with Crippen molar-refractivity contribution >= 4 is 0 Å². The molecule has 3 unspecified atom stereocenters. The Labute approximate surface area is 137 Å². The van der Waals surface area contributed by atoms with Gasteiger partial charge in [0, 0.05) is 12.3 Å². The Morgan fingerprint density at radius 3 is 2.22 bits per heavy atom. The maximum absolute atomic E-state index is 6.15. The maximum atomic E-state index is 6.15. The molecule has 0 bridgehead atoms. The summed E-state index contributed by atoms with van der Waals surface area (Å²) in [5.74, 6) is 0.354. The molecule has 3 heteroatoms. The molecule has 0 N–H and O–H groups in total. The van der Waals surface area contributed by atoms with E-state index < -0.39 is 0 Å². The minimum atomic E-state index is 0.245. The van der Waals surface area contributed by atoms with Gasteiger partial charge in [-0.05, 0) is 11.1 Å². The summed E-state index contributed by atoms with van der Waals surface area (Å²) in [5.41, 5.74) is 2.43. The second-order valence-electron chi connectivity index (χ2n) is 6.37. The first kappa shape index (κ1) is 14.9. The fraction of sp³-hybridized carbons (Fsp3) is 0.400. The summed E-state index contributed by atoms with van der Waals surface area (Å²) in [6.07, 6.45) is 1.97. The van der Waals surface area contributed by atoms with E-state index in [2.05, 4.69) is 24.3 Å². The molecule has 0 amide bonds. The van der Waals surface area contributed by atoms with Crippen molar-refractivity contribution in [1.82, 2.24) is 0 Å². The summed E-state index contributed by atoms with van der Waals surface area (Å²) in [6, 6.07) is 20.6. The zero-order valence-electron chi connectivity index (χ0n) is 13.1. The third-order valence-electron chi connectivity index (χ3n) is 4.71. The van der Waals surface area contributed by atoms with E-state index in [0.717, 1.165) is 6.42 Å². The fourth-order valence-corrected chi connectivity index (χ4v) is 3.40. The topological polar surface area (TPSA) is 31.0 Å². The van der Waals surface area contributed by atoms with E-state index in [1.165, 1.54) is 11.1 Å². The minimum Gasteiger partial charge on any atom is -0.376 e. The highest BCUT2D eigenvalue weighted by Crippen LogP contribution is 2.45. The predicted octanol–water partition coefficient (Wildman–Crippen LogP) is 3.58. The summed E-state index contributed by atoms with van der Waals surface area (Å²) in [5, 5.41) is 0. The number of hydrogen-bond acceptors (Lipinski definition) is 3. The molecule has 2 aromatic rings. The molecule has 2 aliphatic rings. The van der Waals surface area contributed by atoms with Gasteiger partial charge in [-0.3, -0.25) is 0 Å². The van der Waals surface area contributed by atoms with Crippen LogP contribution in [0.2, 0.25) is 0 Å². The van der Waals surface area contributed by atoms with Crippen molar-refractivity contribution in [2.24, 2.45) is 5.92 Å². The monoisotopic (exact) mass is 310 g/mol. The molecule has 1 aliphatic heterocycles. The average molecular weight is 310 g/mol. The Bertz CT molecular complexity index is 613. The fourth-order valence-electron chi connectivity index (χ4n) is 3.40. The quantitative estimate of drug-likeness (QED) is 0.733. The third kappa shape index (κ3) is 3.63. The molecular weight excluding hydrogens is 288 g/mol. The van der Waals surface area contributed by atoms with Crippen LogP contribution < -0.4 is 0 Å². The van der Waals surface area contributed by atoms with Gasteiger partial charge in [-0.15, -0.1) is 0 Å². The standard InChI is InChI=1S/C20H22O3/c1-3-7-15(8-4-1)12-21-14-17-18(11-19-20(17)23-19)22-13-16-9-5-2-6-10-16/h1-10,17-20H,11-14H2/t17?,18?,19?,20-/m0/s1. The van der Waals surface area contributed by atoms with Gasteiger partial charge in [0.1, 0.15) is 0 Å². The van der Waals surface area contributed by atoms with Crippen LogP contribution in [0.3, 0.4) is 0 Å². The largest absolute Gasteiger partial charge is 0.376 e. The van der Waals surface area contributed by atoms with Crippen LogP contribution in [0, 0.1) is 5.92 Å². The molecule has 2 aromatic carbocycles. The van der Waals surface area contributed by atoms with Crippen molar-refractivity contribution in [1.29, 1.82) is 0 Å². The van der Waals surface area contributed by atoms with Crippen molar-refractivity contribution < 1.29 is 14.2 Å². The van der Waals surface area contributed by atoms with Crippen LogP contribution in [0.5, 0.6) is 0 Å². The van der Waals surface area contributed by atoms with Crippen LogP contribution in [0.1, 0.15) is 17.5 Å². The molecule has 1 saturated heterocycles. The van der Waals surface area contributed by atoms with Crippen LogP contribution in [-0.4, -0.2) is 24.9 Å². The molecular formula is C20H22O3. The van der Waals surface area contributed by atoms with Gasteiger partial charge in [-0.25, -0.2) is 0 Å². The lowest BCUT2D eigenvalue weighted by atomic mass is 10.1. The van der Waals surface area contributed by atoms with E-state index in [0.29, 0.717) is 37.9 Å². The molecule has 1 aliphatic carbocycles. The first-order valence-corrected chi connectivity index (χ1v) is 8.33. The molecule has 3 nitrogen and oxygen atoms in total. The zero-order valence-corrected chi connectivity index (χ0v) is 13.1. The highest BCUT2D eigenvalue weighted by Gasteiger charge is 2.56. The Hall–Kier alpha value is -1.68. The van der Waals surface area contributed by atoms with Crippen molar-refractivity contribution in [2.45, 2.75) is 37.9 Å². The number of ether oxygens (including phenoxy) is 3. The molecule has 2 fully saturated rings. The van der Waals surface area contributed by atoms with Crippen molar-refractivity contribution in [2.75, 3.05) is 6.61 Å². The summed E-state index contributed by atoms with van der Waals surface area (Å²) < 4.78 is 17.8. The minimum absolute atomic E-state index is 0.245. The van der Waals surface area contributed by atoms with Gasteiger partial charge < -0.3 is 14.2 Å². The maximum Gasteiger partial charge on any atom is 0.0917 e. The lowest BCUT2D eigenvalue weighted by Gasteiger charge is -2.22. The van der Waals surface area contributed by atoms with E-state index >= 15 is 0 Å². The van der Waals surface area contributed by atoms with Gasteiger partial charge in [0.05, 0.1) is 38.1 Å². The van der Waals surface area contributed by atoms with Gasteiger partial charge in [0.15, 0.2) is 0 Å². The van der Waals surface area contributed by atoms with Gasteiger partial charge >= 0.3 is 0 Å². The van der Waals surface area contributed by atoms with E-state index in [4.69, 9.17) is 14.2 Å². The Morgan fingerprint density at radius 2 is 1.52 bits per heavy atom. The predicted molar refractivity (Wildman–Crippen MR) is 87.9 cm³/mol. The molecule has 4 rings (SSSR count). The average Bonchev–Trinajstić information content (AvgIpc) is 3.29. The summed E-state index contributed by atoms with van der Waals surface area (Å²) >= 11 is 0. The van der Waals surface area contributed by atoms with Gasteiger partial charge in [-0.2, -0.15) is 0 Å². The molecule has 120 valence electrons. The lowest BCUT2D eigenvalue weighted by molar-refractivity contribution is -0.0450. The Kier molecular flexibility index (Phi) is 4.42. The van der Waals surface area contributed by atoms with E-state index in [9.17, 15) is 0 Å². The summed E-state index contributed by atoms with van der Waals surface area (Å²) in [4.78, 5) is 0. The number of epoxide rings is 1. The zero-order chi connectivity index (χ0) is 15.5. The number of fused-ring (bicyclic) bond motifs is 1. The van der Waals surface area contributed by atoms with Crippen LogP contribution in [-0.2, 0) is 27.4 Å². The molecule has 0 aromatic heterocycles. The molecule has 4 atom stereocenters. The smallest absolute Gasteiger partial charge is 0.0917 e. The van der Waals surface area contributed by atoms with Crippen molar-refractivity contribution in [3.63, 3.8) is 0 Å². The second-order valence-corrected chi connectivity index (χ2v) is 6.37. The molecule has 0 radical (unpaired) electrons. The number of benzene rings is 2. The number of hydrogen-bond donors (Lipinski definition) is 0. The second kappa shape index (κ2) is 6.83. The van der Waals surface area contributed by atoms with Gasteiger partial charge in [0.2, 0.25) is 0 Å². The van der Waals surface area contributed by atoms with Gasteiger partial charge in [0.25, 0.3) is 0 Å². The van der Waals surface area contributed by atoms with Crippen LogP contribution in [0.15, 0.2) is 60.7 Å². The Balaban J connectivity index is 1.28. The van der Waals surface area contributed by atoms with Gasteiger partial charge in [-0.1, -0.05) is 60.7 Å². The summed E-state index contributed by atoms with van der Waals surface area (Å²) in [7, 11) is 0. The normalized spacial score (nSPS) is 28.5. The lowest BCUT2D eigenvalue weighted by Crippen LogP contribution is -2.28. The highest BCUT2D eigenvalue weighted by atomic mass is 16.6. The van der Waals surface area contributed by atoms with Crippen LogP contribution >= 0.6 is 0 Å². The summed E-state index contributed by atoms with van der Waals surface area (Å²) in [6.45, 7) is 2.02. The molecule has 0 spiro atoms. The SMILES string of the molecule is c1ccc(COCC2C(OCc3ccccc3)CC3O[C@H]32)cc1. The van der Waals surface area contributed by atoms with E-state index in [1.807, 2.05) is 36.4 Å². The van der Waals surface area contributed by atoms with Crippen LogP contribution in [0.25, 0.3) is 0 Å². The Morgan fingerprint density at radius 1 is 0.870 bits per heavy atom. The van der Waals surface area contributed by atoms with Crippen molar-refractivity contribution in [3.8, 4) is 0 Å². The van der Waals surface area contributed by atoms with E-state index in [1.54, 1.807) is 0 Å². The third-order valence-corrected chi connectivity index (χ3v) is 4.71. The molecule has 1 heterocycles.